The van der Waals surface area contributed by atoms with Gasteiger partial charge in [-0.15, -0.1) is 0 Å². The molecular formula is C20H28Cl2N2O3. The highest BCUT2D eigenvalue weighted by Gasteiger charge is 2.36. The van der Waals surface area contributed by atoms with Crippen molar-refractivity contribution in [1.29, 1.82) is 0 Å². The first-order valence-electron chi connectivity index (χ1n) is 9.34. The molecule has 0 unspecified atom stereocenters. The number of piperidine rings is 1. The Morgan fingerprint density at radius 3 is 2.52 bits per heavy atom. The number of rotatable bonds is 4. The van der Waals surface area contributed by atoms with E-state index >= 15 is 0 Å². The Hall–Kier alpha value is -1.46. The molecule has 2 amide bonds. The molecule has 0 bridgehead atoms. The van der Waals surface area contributed by atoms with Crippen molar-refractivity contribution in [1.82, 2.24) is 9.80 Å². The second kappa shape index (κ2) is 9.16. The minimum Gasteiger partial charge on any atom is -0.444 e. The maximum Gasteiger partial charge on any atom is 0.410 e. The SMILES string of the molecule is CCN(Cc1ccc(Cl)c(Cl)c1)C(=O)[C@@H]1CCCCN1C(=O)OC(C)(C)C. The molecule has 1 aromatic rings. The predicted molar refractivity (Wildman–Crippen MR) is 108 cm³/mol. The lowest BCUT2D eigenvalue weighted by Crippen LogP contribution is -2.53. The number of likely N-dealkylation sites (N-methyl/N-ethyl adjacent to an activating group) is 1. The zero-order valence-corrected chi connectivity index (χ0v) is 17.9. The molecule has 0 spiro atoms. The largest absolute Gasteiger partial charge is 0.444 e. The first-order valence-corrected chi connectivity index (χ1v) is 10.1. The van der Waals surface area contributed by atoms with Gasteiger partial charge in [0.15, 0.2) is 0 Å². The van der Waals surface area contributed by atoms with Crippen molar-refractivity contribution < 1.29 is 14.3 Å². The van der Waals surface area contributed by atoms with E-state index < -0.39 is 17.7 Å². The number of benzene rings is 1. The second-order valence-corrected chi connectivity index (χ2v) is 8.60. The minimum atomic E-state index is -0.591. The van der Waals surface area contributed by atoms with Crippen LogP contribution >= 0.6 is 23.2 Å². The van der Waals surface area contributed by atoms with Gasteiger partial charge < -0.3 is 9.64 Å². The molecule has 7 heteroatoms. The number of carbonyl (C=O) groups is 2. The lowest BCUT2D eigenvalue weighted by Gasteiger charge is -2.38. The van der Waals surface area contributed by atoms with E-state index in [1.807, 2.05) is 33.8 Å². The molecule has 0 saturated carbocycles. The molecule has 1 aliphatic heterocycles. The van der Waals surface area contributed by atoms with Gasteiger partial charge in [-0.05, 0) is 64.7 Å². The van der Waals surface area contributed by atoms with Crippen LogP contribution in [-0.2, 0) is 16.1 Å². The summed E-state index contributed by atoms with van der Waals surface area (Å²) in [6.07, 6.45) is 2.02. The quantitative estimate of drug-likeness (QED) is 0.685. The monoisotopic (exact) mass is 414 g/mol. The Bertz CT molecular complexity index is 688. The van der Waals surface area contributed by atoms with E-state index in [1.165, 1.54) is 0 Å². The molecule has 1 aliphatic rings. The van der Waals surface area contributed by atoms with Crippen molar-refractivity contribution in [3.05, 3.63) is 33.8 Å². The molecule has 1 atom stereocenters. The zero-order valence-electron chi connectivity index (χ0n) is 16.4. The normalized spacial score (nSPS) is 17.6. The summed E-state index contributed by atoms with van der Waals surface area (Å²) in [5, 5.41) is 0.948. The molecule has 1 saturated heterocycles. The lowest BCUT2D eigenvalue weighted by atomic mass is 10.0. The van der Waals surface area contributed by atoms with Gasteiger partial charge in [0.1, 0.15) is 11.6 Å². The fraction of sp³-hybridized carbons (Fsp3) is 0.600. The molecule has 1 heterocycles. The summed E-state index contributed by atoms with van der Waals surface area (Å²) in [6, 6.07) is 4.87. The van der Waals surface area contributed by atoms with Crippen LogP contribution in [0, 0.1) is 0 Å². The average Bonchev–Trinajstić information content (AvgIpc) is 2.60. The van der Waals surface area contributed by atoms with Crippen LogP contribution in [0.25, 0.3) is 0 Å². The highest BCUT2D eigenvalue weighted by atomic mass is 35.5. The van der Waals surface area contributed by atoms with Crippen LogP contribution in [0.3, 0.4) is 0 Å². The van der Waals surface area contributed by atoms with E-state index in [-0.39, 0.29) is 5.91 Å². The molecule has 27 heavy (non-hydrogen) atoms. The van der Waals surface area contributed by atoms with Crippen molar-refractivity contribution >= 4 is 35.2 Å². The molecule has 2 rings (SSSR count). The number of carbonyl (C=O) groups excluding carboxylic acids is 2. The highest BCUT2D eigenvalue weighted by Crippen LogP contribution is 2.25. The Morgan fingerprint density at radius 1 is 1.22 bits per heavy atom. The number of hydrogen-bond acceptors (Lipinski definition) is 3. The van der Waals surface area contributed by atoms with E-state index in [9.17, 15) is 9.59 Å². The second-order valence-electron chi connectivity index (χ2n) is 7.79. The molecule has 0 radical (unpaired) electrons. The van der Waals surface area contributed by atoms with Gasteiger partial charge in [0.25, 0.3) is 0 Å². The van der Waals surface area contributed by atoms with E-state index in [2.05, 4.69) is 0 Å². The molecule has 150 valence electrons. The number of halogens is 2. The first-order chi connectivity index (χ1) is 12.6. The van der Waals surface area contributed by atoms with Crippen molar-refractivity contribution in [2.45, 2.75) is 65.1 Å². The number of nitrogens with zero attached hydrogens (tertiary/aromatic N) is 2. The molecule has 0 aliphatic carbocycles. The molecule has 0 aromatic heterocycles. The molecule has 0 N–H and O–H groups in total. The van der Waals surface area contributed by atoms with Crippen LogP contribution in [0.2, 0.25) is 10.0 Å². The molecule has 1 aromatic carbocycles. The van der Waals surface area contributed by atoms with Crippen LogP contribution < -0.4 is 0 Å². The molecular weight excluding hydrogens is 387 g/mol. The van der Waals surface area contributed by atoms with Crippen molar-refractivity contribution in [2.75, 3.05) is 13.1 Å². The summed E-state index contributed by atoms with van der Waals surface area (Å²) >= 11 is 12.1. The number of hydrogen-bond donors (Lipinski definition) is 0. The van der Waals surface area contributed by atoms with E-state index in [1.54, 1.807) is 21.9 Å². The topological polar surface area (TPSA) is 49.9 Å². The van der Waals surface area contributed by atoms with Gasteiger partial charge in [0.2, 0.25) is 5.91 Å². The minimum absolute atomic E-state index is 0.0610. The Labute approximate surface area is 171 Å². The summed E-state index contributed by atoms with van der Waals surface area (Å²) in [7, 11) is 0. The van der Waals surface area contributed by atoms with Gasteiger partial charge in [-0.3, -0.25) is 9.69 Å². The number of likely N-dealkylation sites (tertiary alicyclic amines) is 1. The van der Waals surface area contributed by atoms with Gasteiger partial charge in [-0.25, -0.2) is 4.79 Å². The van der Waals surface area contributed by atoms with Gasteiger partial charge >= 0.3 is 6.09 Å². The summed E-state index contributed by atoms with van der Waals surface area (Å²) < 4.78 is 5.50. The summed E-state index contributed by atoms with van der Waals surface area (Å²) in [5.74, 6) is -0.0610. The summed E-state index contributed by atoms with van der Waals surface area (Å²) in [4.78, 5) is 29.1. The van der Waals surface area contributed by atoms with Crippen molar-refractivity contribution in [2.24, 2.45) is 0 Å². The zero-order chi connectivity index (χ0) is 20.2. The third-order valence-electron chi connectivity index (χ3n) is 4.47. The van der Waals surface area contributed by atoms with Gasteiger partial charge in [0.05, 0.1) is 10.0 Å². The first kappa shape index (κ1) is 21.8. The Balaban J connectivity index is 2.14. The van der Waals surface area contributed by atoms with Gasteiger partial charge in [0, 0.05) is 19.6 Å². The predicted octanol–water partition coefficient (Wildman–Crippen LogP) is 5.13. The fourth-order valence-electron chi connectivity index (χ4n) is 3.14. The molecule has 5 nitrogen and oxygen atoms in total. The van der Waals surface area contributed by atoms with Crippen molar-refractivity contribution in [3.63, 3.8) is 0 Å². The van der Waals surface area contributed by atoms with Gasteiger partial charge in [-0.2, -0.15) is 0 Å². The van der Waals surface area contributed by atoms with E-state index in [4.69, 9.17) is 27.9 Å². The maximum absolute atomic E-state index is 13.2. The number of ether oxygens (including phenoxy) is 1. The van der Waals surface area contributed by atoms with Crippen LogP contribution in [0.5, 0.6) is 0 Å². The van der Waals surface area contributed by atoms with Crippen LogP contribution in [0.15, 0.2) is 18.2 Å². The van der Waals surface area contributed by atoms with Crippen LogP contribution in [0.4, 0.5) is 4.79 Å². The maximum atomic E-state index is 13.2. The van der Waals surface area contributed by atoms with E-state index in [0.29, 0.717) is 36.1 Å². The standard InChI is InChI=1S/C20H28Cl2N2O3/c1-5-23(13-14-9-10-15(21)16(22)12-14)18(25)17-8-6-7-11-24(17)19(26)27-20(2,3)4/h9-10,12,17H,5-8,11,13H2,1-4H3/t17-/m0/s1. The fourth-order valence-corrected chi connectivity index (χ4v) is 3.46. The van der Waals surface area contributed by atoms with E-state index in [0.717, 1.165) is 18.4 Å². The van der Waals surface area contributed by atoms with Crippen molar-refractivity contribution in [3.8, 4) is 0 Å². The Morgan fingerprint density at radius 2 is 1.93 bits per heavy atom. The summed E-state index contributed by atoms with van der Waals surface area (Å²) in [5.41, 5.74) is 0.311. The third-order valence-corrected chi connectivity index (χ3v) is 5.21. The van der Waals surface area contributed by atoms with Crippen LogP contribution in [0.1, 0.15) is 52.5 Å². The highest BCUT2D eigenvalue weighted by molar-refractivity contribution is 6.42. The average molecular weight is 415 g/mol. The third kappa shape index (κ3) is 6.01. The summed E-state index contributed by atoms with van der Waals surface area (Å²) in [6.45, 7) is 8.91. The number of amides is 2. The lowest BCUT2D eigenvalue weighted by molar-refractivity contribution is -0.138. The Kier molecular flexibility index (Phi) is 7.40. The smallest absolute Gasteiger partial charge is 0.410 e. The van der Waals surface area contributed by atoms with Gasteiger partial charge in [-0.1, -0.05) is 29.3 Å². The van der Waals surface area contributed by atoms with Crippen LogP contribution in [-0.4, -0.2) is 46.5 Å². The molecule has 1 fully saturated rings.